The van der Waals surface area contributed by atoms with Crippen molar-refractivity contribution in [3.63, 3.8) is 0 Å². The number of piperidine rings is 1. The van der Waals surface area contributed by atoms with E-state index < -0.39 is 0 Å². The third-order valence-corrected chi connectivity index (χ3v) is 6.31. The molecule has 6 heteroatoms. The fraction of sp³-hybridized carbons (Fsp3) is 0.565. The highest BCUT2D eigenvalue weighted by Crippen LogP contribution is 2.25. The molecule has 1 aromatic carbocycles. The summed E-state index contributed by atoms with van der Waals surface area (Å²) in [6.45, 7) is 2.14. The van der Waals surface area contributed by atoms with Crippen LogP contribution in [-0.2, 0) is 0 Å². The molecule has 1 amide bonds. The monoisotopic (exact) mass is 396 g/mol. The van der Waals surface area contributed by atoms with Crippen LogP contribution in [0.15, 0.2) is 36.7 Å². The van der Waals surface area contributed by atoms with E-state index in [1.54, 1.807) is 24.2 Å². The number of hydrogen-bond acceptors (Lipinski definition) is 4. The highest BCUT2D eigenvalue weighted by atomic mass is 16.5. The highest BCUT2D eigenvalue weighted by Gasteiger charge is 2.27. The van der Waals surface area contributed by atoms with E-state index in [1.807, 2.05) is 24.3 Å². The minimum absolute atomic E-state index is 0.0427. The second-order valence-electron chi connectivity index (χ2n) is 8.30. The predicted molar refractivity (Wildman–Crippen MR) is 114 cm³/mol. The van der Waals surface area contributed by atoms with E-state index in [0.29, 0.717) is 11.6 Å². The Hall–Kier alpha value is -2.34. The molecule has 156 valence electrons. The van der Waals surface area contributed by atoms with Gasteiger partial charge in [0.15, 0.2) is 0 Å². The van der Waals surface area contributed by atoms with Crippen molar-refractivity contribution in [2.24, 2.45) is 0 Å². The van der Waals surface area contributed by atoms with E-state index in [-0.39, 0.29) is 11.9 Å². The number of hydrogen-bond donors (Lipinski definition) is 1. The fourth-order valence-corrected chi connectivity index (χ4v) is 4.74. The van der Waals surface area contributed by atoms with Gasteiger partial charge in [-0.15, -0.1) is 0 Å². The molecule has 0 bridgehead atoms. The summed E-state index contributed by atoms with van der Waals surface area (Å²) in [6, 6.07) is 8.59. The number of benzene rings is 1. The van der Waals surface area contributed by atoms with Crippen LogP contribution in [0.4, 0.5) is 0 Å². The van der Waals surface area contributed by atoms with Gasteiger partial charge in [0.25, 0.3) is 5.91 Å². The van der Waals surface area contributed by atoms with Crippen molar-refractivity contribution in [2.75, 3.05) is 20.2 Å². The van der Waals surface area contributed by atoms with Gasteiger partial charge >= 0.3 is 0 Å². The van der Waals surface area contributed by atoms with Gasteiger partial charge in [0.05, 0.1) is 18.9 Å². The molecule has 1 aliphatic carbocycles. The molecule has 2 fully saturated rings. The van der Waals surface area contributed by atoms with Crippen LogP contribution in [0.2, 0.25) is 0 Å². The summed E-state index contributed by atoms with van der Waals surface area (Å²) in [4.78, 5) is 15.5. The second kappa shape index (κ2) is 9.44. The number of aromatic nitrogens is 2. The van der Waals surface area contributed by atoms with Gasteiger partial charge in [0.1, 0.15) is 11.4 Å². The van der Waals surface area contributed by atoms with Gasteiger partial charge in [-0.25, -0.2) is 4.68 Å². The molecule has 1 aromatic heterocycles. The molecule has 1 N–H and O–H groups in total. The summed E-state index contributed by atoms with van der Waals surface area (Å²) in [5.74, 6) is 0.688. The number of methoxy groups -OCH3 is 1. The largest absolute Gasteiger partial charge is 0.494 e. The van der Waals surface area contributed by atoms with Gasteiger partial charge in [-0.1, -0.05) is 37.8 Å². The first-order valence-electron chi connectivity index (χ1n) is 11.0. The zero-order valence-electron chi connectivity index (χ0n) is 17.3. The van der Waals surface area contributed by atoms with Crippen LogP contribution >= 0.6 is 0 Å². The van der Waals surface area contributed by atoms with Crippen LogP contribution in [0, 0.1) is 0 Å². The molecule has 1 aliphatic heterocycles. The maximum Gasteiger partial charge on any atom is 0.254 e. The van der Waals surface area contributed by atoms with Crippen molar-refractivity contribution >= 4 is 5.91 Å². The first kappa shape index (κ1) is 20.0. The van der Waals surface area contributed by atoms with Crippen LogP contribution in [0.1, 0.15) is 61.7 Å². The van der Waals surface area contributed by atoms with Gasteiger partial charge in [0, 0.05) is 24.8 Å². The molecule has 2 heterocycles. The van der Waals surface area contributed by atoms with Crippen molar-refractivity contribution in [1.29, 1.82) is 0 Å². The lowest BCUT2D eigenvalue weighted by Crippen LogP contribution is -2.50. The number of rotatable bonds is 5. The molecule has 29 heavy (non-hydrogen) atoms. The summed E-state index contributed by atoms with van der Waals surface area (Å²) in [5.41, 5.74) is 1.41. The van der Waals surface area contributed by atoms with Gasteiger partial charge in [-0.2, -0.15) is 5.10 Å². The molecule has 2 aromatic rings. The first-order chi connectivity index (χ1) is 14.2. The highest BCUT2D eigenvalue weighted by molar-refractivity contribution is 5.94. The van der Waals surface area contributed by atoms with E-state index >= 15 is 0 Å². The molecule has 1 saturated carbocycles. The Morgan fingerprint density at radius 2 is 1.90 bits per heavy atom. The van der Waals surface area contributed by atoms with Gasteiger partial charge < -0.3 is 10.1 Å². The van der Waals surface area contributed by atoms with E-state index in [1.165, 1.54) is 45.1 Å². The van der Waals surface area contributed by atoms with Crippen molar-refractivity contribution in [1.82, 2.24) is 20.0 Å². The van der Waals surface area contributed by atoms with Gasteiger partial charge in [-0.3, -0.25) is 9.69 Å². The average Bonchev–Trinajstić information content (AvgIpc) is 3.09. The quantitative estimate of drug-likeness (QED) is 0.781. The Bertz CT molecular complexity index is 811. The zero-order chi connectivity index (χ0) is 20.1. The third-order valence-electron chi connectivity index (χ3n) is 6.31. The zero-order valence-corrected chi connectivity index (χ0v) is 17.3. The Morgan fingerprint density at radius 1 is 1.10 bits per heavy atom. The number of nitrogens with one attached hydrogen (secondary N) is 1. The Balaban J connectivity index is 1.38. The van der Waals surface area contributed by atoms with Crippen LogP contribution in [0.25, 0.3) is 5.69 Å². The maximum atomic E-state index is 12.8. The molecular weight excluding hydrogens is 364 g/mol. The second-order valence-corrected chi connectivity index (χ2v) is 8.30. The lowest BCUT2D eigenvalue weighted by molar-refractivity contribution is 0.0860. The molecule has 0 radical (unpaired) electrons. The van der Waals surface area contributed by atoms with E-state index in [4.69, 9.17) is 4.74 Å². The number of nitrogens with zero attached hydrogens (tertiary/aromatic N) is 3. The normalized spacial score (nSPS) is 21.5. The summed E-state index contributed by atoms with van der Waals surface area (Å²) < 4.78 is 7.10. The standard InChI is InChI=1S/C23H32N4O2/c1-29-22-13-7-6-12-21(22)27-16-18(15-24-27)23(28)25-19-9-8-14-26(17-19)20-10-4-2-3-5-11-20/h6-7,12-13,15-16,19-20H,2-5,8-11,14,17H2,1H3,(H,25,28). The number of likely N-dealkylation sites (tertiary alicyclic amines) is 1. The van der Waals surface area contributed by atoms with Crippen molar-refractivity contribution < 1.29 is 9.53 Å². The average molecular weight is 397 g/mol. The smallest absolute Gasteiger partial charge is 0.254 e. The number of carbonyl (C=O) groups excluding carboxylic acids is 1. The first-order valence-corrected chi connectivity index (χ1v) is 11.0. The molecule has 1 unspecified atom stereocenters. The molecule has 4 rings (SSSR count). The van der Waals surface area contributed by atoms with Crippen LogP contribution in [-0.4, -0.2) is 52.9 Å². The Labute approximate surface area is 173 Å². The maximum absolute atomic E-state index is 12.8. The fourth-order valence-electron chi connectivity index (χ4n) is 4.74. The minimum Gasteiger partial charge on any atom is -0.494 e. The van der Waals surface area contributed by atoms with Gasteiger partial charge in [0.2, 0.25) is 0 Å². The summed E-state index contributed by atoms with van der Waals surface area (Å²) in [6.07, 6.45) is 13.7. The molecule has 6 nitrogen and oxygen atoms in total. The molecule has 1 saturated heterocycles. The SMILES string of the molecule is COc1ccccc1-n1cc(C(=O)NC2CCCN(C3CCCCCC3)C2)cn1. The van der Waals surface area contributed by atoms with E-state index in [2.05, 4.69) is 15.3 Å². The van der Waals surface area contributed by atoms with Crippen LogP contribution < -0.4 is 10.1 Å². The topological polar surface area (TPSA) is 59.4 Å². The third kappa shape index (κ3) is 4.81. The number of amides is 1. The van der Waals surface area contributed by atoms with Crippen LogP contribution in [0.5, 0.6) is 5.75 Å². The minimum atomic E-state index is -0.0427. The molecular formula is C23H32N4O2. The summed E-state index contributed by atoms with van der Waals surface area (Å²) >= 11 is 0. The Morgan fingerprint density at radius 3 is 2.69 bits per heavy atom. The Kier molecular flexibility index (Phi) is 6.49. The lowest BCUT2D eigenvalue weighted by atomic mass is 9.99. The van der Waals surface area contributed by atoms with Crippen molar-refractivity contribution in [3.05, 3.63) is 42.2 Å². The van der Waals surface area contributed by atoms with Crippen molar-refractivity contribution in [3.8, 4) is 11.4 Å². The van der Waals surface area contributed by atoms with Crippen LogP contribution in [0.3, 0.4) is 0 Å². The van der Waals surface area contributed by atoms with E-state index in [0.717, 1.165) is 30.8 Å². The summed E-state index contributed by atoms with van der Waals surface area (Å²) in [5, 5.41) is 7.62. The summed E-state index contributed by atoms with van der Waals surface area (Å²) in [7, 11) is 1.64. The lowest BCUT2D eigenvalue weighted by Gasteiger charge is -2.38. The van der Waals surface area contributed by atoms with E-state index in [9.17, 15) is 4.79 Å². The molecule has 0 spiro atoms. The molecule has 1 atom stereocenters. The van der Waals surface area contributed by atoms with Crippen molar-refractivity contribution in [2.45, 2.75) is 63.5 Å². The predicted octanol–water partition coefficient (Wildman–Crippen LogP) is 3.80. The number of para-hydroxylation sites is 2. The number of ether oxygens (including phenoxy) is 1. The molecule has 2 aliphatic rings. The number of carbonyl (C=O) groups is 1. The van der Waals surface area contributed by atoms with Gasteiger partial charge in [-0.05, 0) is 44.4 Å².